The molecule has 0 atom stereocenters. The minimum atomic E-state index is 0.123. The van der Waals surface area contributed by atoms with Gasteiger partial charge in [0.05, 0.1) is 6.61 Å². The van der Waals surface area contributed by atoms with Crippen molar-refractivity contribution in [3.8, 4) is 5.75 Å². The van der Waals surface area contributed by atoms with Crippen molar-refractivity contribution in [2.24, 2.45) is 5.92 Å². The zero-order valence-electron chi connectivity index (χ0n) is 12.0. The highest BCUT2D eigenvalue weighted by atomic mass is 79.9. The van der Waals surface area contributed by atoms with Crippen LogP contribution in [0.25, 0.3) is 0 Å². The van der Waals surface area contributed by atoms with Gasteiger partial charge in [-0.1, -0.05) is 22.0 Å². The number of fused-ring (bicyclic) bond motifs is 1. The van der Waals surface area contributed by atoms with Gasteiger partial charge in [0.1, 0.15) is 5.75 Å². The Morgan fingerprint density at radius 1 is 1.24 bits per heavy atom. The topological polar surface area (TPSA) is 38.8 Å². The number of halogens is 1. The summed E-state index contributed by atoms with van der Waals surface area (Å²) in [4.78, 5) is 14.7. The van der Waals surface area contributed by atoms with Crippen LogP contribution in [0.1, 0.15) is 24.8 Å². The zero-order valence-corrected chi connectivity index (χ0v) is 13.6. The number of hydrogen-bond acceptors (Lipinski definition) is 3. The van der Waals surface area contributed by atoms with Crippen LogP contribution in [0.15, 0.2) is 22.7 Å². The second-order valence-electron chi connectivity index (χ2n) is 5.60. The molecule has 1 fully saturated rings. The molecule has 1 amide bonds. The molecule has 1 saturated heterocycles. The predicted molar refractivity (Wildman–Crippen MR) is 83.2 cm³/mol. The number of benzene rings is 1. The quantitative estimate of drug-likeness (QED) is 0.778. The Morgan fingerprint density at radius 3 is 2.86 bits per heavy atom. The van der Waals surface area contributed by atoms with E-state index in [-0.39, 0.29) is 11.8 Å². The summed E-state index contributed by atoms with van der Waals surface area (Å²) < 4.78 is 12.2. The number of ether oxygens (including phenoxy) is 2. The molecule has 0 N–H and O–H groups in total. The van der Waals surface area contributed by atoms with E-state index in [9.17, 15) is 4.79 Å². The molecule has 1 aromatic carbocycles. The first-order chi connectivity index (χ1) is 10.2. The first kappa shape index (κ1) is 14.9. The molecule has 21 heavy (non-hydrogen) atoms. The minimum Gasteiger partial charge on any atom is -0.493 e. The van der Waals surface area contributed by atoms with Gasteiger partial charge in [-0.2, -0.15) is 0 Å². The van der Waals surface area contributed by atoms with Crippen LogP contribution in [-0.2, 0) is 16.1 Å². The van der Waals surface area contributed by atoms with E-state index in [1.165, 1.54) is 0 Å². The van der Waals surface area contributed by atoms with Gasteiger partial charge in [0, 0.05) is 42.3 Å². The fourth-order valence-electron chi connectivity index (χ4n) is 2.91. The maximum absolute atomic E-state index is 12.7. The van der Waals surface area contributed by atoms with Crippen LogP contribution in [0.5, 0.6) is 5.75 Å². The second kappa shape index (κ2) is 6.79. The zero-order chi connectivity index (χ0) is 14.7. The maximum atomic E-state index is 12.7. The molecule has 3 rings (SSSR count). The van der Waals surface area contributed by atoms with Gasteiger partial charge in [-0.15, -0.1) is 0 Å². The van der Waals surface area contributed by atoms with Gasteiger partial charge < -0.3 is 14.4 Å². The van der Waals surface area contributed by atoms with E-state index in [4.69, 9.17) is 9.47 Å². The highest BCUT2D eigenvalue weighted by Gasteiger charge is 2.27. The molecule has 0 spiro atoms. The van der Waals surface area contributed by atoms with Gasteiger partial charge >= 0.3 is 0 Å². The summed E-state index contributed by atoms with van der Waals surface area (Å²) in [5, 5.41) is 0. The highest BCUT2D eigenvalue weighted by molar-refractivity contribution is 9.10. The van der Waals surface area contributed by atoms with Crippen LogP contribution < -0.4 is 4.74 Å². The largest absolute Gasteiger partial charge is 0.493 e. The molecule has 2 heterocycles. The summed E-state index contributed by atoms with van der Waals surface area (Å²) in [5.74, 6) is 1.28. The van der Waals surface area contributed by atoms with E-state index in [1.54, 1.807) is 0 Å². The van der Waals surface area contributed by atoms with Crippen molar-refractivity contribution in [3.05, 3.63) is 28.2 Å². The van der Waals surface area contributed by atoms with Crippen LogP contribution in [-0.4, -0.2) is 37.2 Å². The molecule has 1 aromatic rings. The summed E-state index contributed by atoms with van der Waals surface area (Å²) in [7, 11) is 0. The van der Waals surface area contributed by atoms with E-state index in [0.717, 1.165) is 41.6 Å². The number of amides is 1. The maximum Gasteiger partial charge on any atom is 0.226 e. The normalized spacial score (nSPS) is 20.1. The summed E-state index contributed by atoms with van der Waals surface area (Å²) >= 11 is 3.47. The Bertz CT molecular complexity index is 514. The van der Waals surface area contributed by atoms with Crippen LogP contribution in [0.3, 0.4) is 0 Å². The third-order valence-corrected chi connectivity index (χ3v) is 4.60. The van der Waals surface area contributed by atoms with Crippen LogP contribution >= 0.6 is 15.9 Å². The summed E-state index contributed by atoms with van der Waals surface area (Å²) in [6.45, 7) is 3.47. The van der Waals surface area contributed by atoms with Gasteiger partial charge in [0.2, 0.25) is 5.91 Å². The molecular formula is C16H20BrNO3. The van der Waals surface area contributed by atoms with E-state index in [2.05, 4.69) is 15.9 Å². The lowest BCUT2D eigenvalue weighted by Crippen LogP contribution is -2.39. The number of carbonyl (C=O) groups is 1. The molecular weight excluding hydrogens is 334 g/mol. The fraction of sp³-hybridized carbons (Fsp3) is 0.562. The molecule has 2 aliphatic heterocycles. The van der Waals surface area contributed by atoms with Gasteiger partial charge in [-0.25, -0.2) is 0 Å². The molecule has 0 unspecified atom stereocenters. The molecule has 4 nitrogen and oxygen atoms in total. The standard InChI is InChI=1S/C16H20BrNO3/c17-14-3-2-13-11-18(6-1-7-21-15(13)10-14)16(19)12-4-8-20-9-5-12/h2-3,10,12H,1,4-9,11H2. The number of nitrogens with zero attached hydrogens (tertiary/aromatic N) is 1. The first-order valence-corrected chi connectivity index (χ1v) is 8.31. The molecule has 0 aliphatic carbocycles. The lowest BCUT2D eigenvalue weighted by molar-refractivity contribution is -0.139. The molecule has 114 valence electrons. The van der Waals surface area contributed by atoms with Gasteiger partial charge in [-0.3, -0.25) is 4.79 Å². The van der Waals surface area contributed by atoms with E-state index in [0.29, 0.717) is 26.4 Å². The van der Waals surface area contributed by atoms with E-state index in [1.807, 2.05) is 23.1 Å². The van der Waals surface area contributed by atoms with Crippen molar-refractivity contribution >= 4 is 21.8 Å². The monoisotopic (exact) mass is 353 g/mol. The van der Waals surface area contributed by atoms with Gasteiger partial charge in [0.25, 0.3) is 0 Å². The summed E-state index contributed by atoms with van der Waals surface area (Å²) in [6, 6.07) is 6.02. The summed E-state index contributed by atoms with van der Waals surface area (Å²) in [5.41, 5.74) is 1.08. The molecule has 0 bridgehead atoms. The Hall–Kier alpha value is -1.07. The smallest absolute Gasteiger partial charge is 0.226 e. The van der Waals surface area contributed by atoms with Crippen LogP contribution in [0.4, 0.5) is 0 Å². The average molecular weight is 354 g/mol. The first-order valence-electron chi connectivity index (χ1n) is 7.52. The number of rotatable bonds is 1. The van der Waals surface area contributed by atoms with Crippen molar-refractivity contribution < 1.29 is 14.3 Å². The molecule has 0 saturated carbocycles. The van der Waals surface area contributed by atoms with Crippen molar-refractivity contribution in [1.82, 2.24) is 4.90 Å². The predicted octanol–water partition coefficient (Wildman–Crippen LogP) is 2.99. The number of carbonyl (C=O) groups excluding carboxylic acids is 1. The second-order valence-corrected chi connectivity index (χ2v) is 6.52. The fourth-order valence-corrected chi connectivity index (χ4v) is 3.25. The SMILES string of the molecule is O=C(C1CCOCC1)N1CCCOc2cc(Br)ccc2C1. The van der Waals surface area contributed by atoms with Crippen molar-refractivity contribution in [2.75, 3.05) is 26.4 Å². The van der Waals surface area contributed by atoms with Gasteiger partial charge in [0.15, 0.2) is 0 Å². The van der Waals surface area contributed by atoms with Crippen molar-refractivity contribution in [3.63, 3.8) is 0 Å². The molecule has 0 radical (unpaired) electrons. The molecule has 5 heteroatoms. The minimum absolute atomic E-state index is 0.123. The third kappa shape index (κ3) is 3.58. The molecule has 2 aliphatic rings. The summed E-state index contributed by atoms with van der Waals surface area (Å²) in [6.07, 6.45) is 2.57. The van der Waals surface area contributed by atoms with Crippen molar-refractivity contribution in [1.29, 1.82) is 0 Å². The Kier molecular flexibility index (Phi) is 4.80. The third-order valence-electron chi connectivity index (χ3n) is 4.10. The lowest BCUT2D eigenvalue weighted by Gasteiger charge is -2.31. The van der Waals surface area contributed by atoms with Gasteiger partial charge in [-0.05, 0) is 31.4 Å². The van der Waals surface area contributed by atoms with E-state index < -0.39 is 0 Å². The molecule has 0 aromatic heterocycles. The average Bonchev–Trinajstić information content (AvgIpc) is 2.49. The van der Waals surface area contributed by atoms with Crippen molar-refractivity contribution in [2.45, 2.75) is 25.8 Å². The Balaban J connectivity index is 1.76. The Labute approximate surface area is 133 Å². The van der Waals surface area contributed by atoms with Crippen LogP contribution in [0, 0.1) is 5.92 Å². The Morgan fingerprint density at radius 2 is 2.05 bits per heavy atom. The lowest BCUT2D eigenvalue weighted by atomic mass is 9.98. The number of hydrogen-bond donors (Lipinski definition) is 0. The van der Waals surface area contributed by atoms with E-state index >= 15 is 0 Å². The van der Waals surface area contributed by atoms with Crippen LogP contribution in [0.2, 0.25) is 0 Å². The highest BCUT2D eigenvalue weighted by Crippen LogP contribution is 2.28.